The van der Waals surface area contributed by atoms with Crippen LogP contribution in [0.2, 0.25) is 0 Å². The molecule has 1 amide bonds. The molecule has 1 aromatic carbocycles. The predicted molar refractivity (Wildman–Crippen MR) is 110 cm³/mol. The van der Waals surface area contributed by atoms with Crippen molar-refractivity contribution < 1.29 is 31.2 Å². The van der Waals surface area contributed by atoms with Crippen molar-refractivity contribution in [2.75, 3.05) is 31.6 Å². The van der Waals surface area contributed by atoms with Gasteiger partial charge in [0, 0.05) is 25.1 Å². The maximum Gasteiger partial charge on any atom is 0.257 e. The number of nitrogens with one attached hydrogen (secondary N) is 1. The molecular weight excluding hydrogens is 463 g/mol. The van der Waals surface area contributed by atoms with E-state index in [9.17, 15) is 22.0 Å². The van der Waals surface area contributed by atoms with E-state index in [0.29, 0.717) is 6.42 Å². The van der Waals surface area contributed by atoms with Crippen LogP contribution in [0, 0.1) is 17.6 Å². The van der Waals surface area contributed by atoms with Crippen LogP contribution in [0.1, 0.15) is 24.4 Å². The fourth-order valence-corrected chi connectivity index (χ4v) is 4.72. The zero-order valence-corrected chi connectivity index (χ0v) is 18.4. The van der Waals surface area contributed by atoms with Gasteiger partial charge in [-0.1, -0.05) is 0 Å². The van der Waals surface area contributed by atoms with Crippen molar-refractivity contribution in [3.05, 3.63) is 47.8 Å². The molecule has 3 heterocycles. The summed E-state index contributed by atoms with van der Waals surface area (Å²) in [6.07, 6.45) is -0.0825. The summed E-state index contributed by atoms with van der Waals surface area (Å²) in [7, 11) is -2.55. The molecule has 2 fully saturated rings. The van der Waals surface area contributed by atoms with Crippen molar-refractivity contribution in [1.82, 2.24) is 19.8 Å². The number of piperidine rings is 1. The van der Waals surface area contributed by atoms with Gasteiger partial charge in [0.1, 0.15) is 30.0 Å². The molecule has 33 heavy (non-hydrogen) atoms. The largest absolute Gasteiger partial charge is 0.354 e. The zero-order chi connectivity index (χ0) is 23.8. The number of carbonyl (C=O) groups is 1. The van der Waals surface area contributed by atoms with Crippen molar-refractivity contribution in [1.29, 1.82) is 0 Å². The third-order valence-electron chi connectivity index (χ3n) is 5.75. The van der Waals surface area contributed by atoms with E-state index >= 15 is 4.39 Å². The van der Waals surface area contributed by atoms with Crippen LogP contribution >= 0.6 is 0 Å². The molecule has 2 aliphatic heterocycles. The van der Waals surface area contributed by atoms with E-state index in [4.69, 9.17) is 4.84 Å². The van der Waals surface area contributed by atoms with Gasteiger partial charge in [-0.3, -0.25) is 9.63 Å². The van der Waals surface area contributed by atoms with Gasteiger partial charge >= 0.3 is 0 Å². The van der Waals surface area contributed by atoms with Crippen LogP contribution in [0.5, 0.6) is 0 Å². The molecule has 13 heteroatoms. The lowest BCUT2D eigenvalue weighted by Gasteiger charge is -2.36. The first kappa shape index (κ1) is 23.4. The fraction of sp³-hybridized carbons (Fsp3) is 0.450. The average Bonchev–Trinajstić information content (AvgIpc) is 3.28. The Bertz CT molecular complexity index is 1130. The molecule has 0 saturated carbocycles. The second-order valence-electron chi connectivity index (χ2n) is 7.78. The number of hydroxylamine groups is 2. The molecule has 1 aromatic heterocycles. The molecule has 0 spiro atoms. The van der Waals surface area contributed by atoms with Crippen LogP contribution in [0.25, 0.3) is 0 Å². The van der Waals surface area contributed by atoms with Crippen LogP contribution in [0.15, 0.2) is 35.6 Å². The Morgan fingerprint density at radius 2 is 1.88 bits per heavy atom. The van der Waals surface area contributed by atoms with Gasteiger partial charge in [0.25, 0.3) is 15.9 Å². The topological polar surface area (TPSA) is 105 Å². The van der Waals surface area contributed by atoms with Crippen LogP contribution in [-0.4, -0.2) is 62.3 Å². The van der Waals surface area contributed by atoms with Gasteiger partial charge in [-0.15, -0.1) is 0 Å². The second-order valence-corrected chi connectivity index (χ2v) is 9.62. The molecule has 0 radical (unpaired) electrons. The van der Waals surface area contributed by atoms with E-state index in [1.165, 1.54) is 18.0 Å². The van der Waals surface area contributed by atoms with Crippen molar-refractivity contribution in [2.24, 2.45) is 5.92 Å². The number of aromatic nitrogens is 2. The number of hydrogen-bond acceptors (Lipinski definition) is 7. The van der Waals surface area contributed by atoms with E-state index in [-0.39, 0.29) is 42.5 Å². The highest BCUT2D eigenvalue weighted by molar-refractivity contribution is 7.89. The number of halogens is 3. The van der Waals surface area contributed by atoms with Gasteiger partial charge in [0.2, 0.25) is 0 Å². The molecule has 0 bridgehead atoms. The summed E-state index contributed by atoms with van der Waals surface area (Å²) in [5, 5.41) is 0.767. The van der Waals surface area contributed by atoms with E-state index in [2.05, 4.69) is 14.7 Å². The Balaban J connectivity index is 1.48. The summed E-state index contributed by atoms with van der Waals surface area (Å²) < 4.78 is 68.5. The van der Waals surface area contributed by atoms with E-state index in [1.54, 1.807) is 0 Å². The highest BCUT2D eigenvalue weighted by atomic mass is 32.2. The second kappa shape index (κ2) is 9.23. The predicted octanol–water partition coefficient (Wildman–Crippen LogP) is 1.73. The molecule has 178 valence electrons. The monoisotopic (exact) mass is 485 g/mol. The Morgan fingerprint density at radius 3 is 2.55 bits per heavy atom. The summed E-state index contributed by atoms with van der Waals surface area (Å²) in [4.78, 5) is 27.8. The molecular formula is C20H22F3N5O4S. The smallest absolute Gasteiger partial charge is 0.257 e. The van der Waals surface area contributed by atoms with Gasteiger partial charge in [-0.05, 0) is 31.2 Å². The number of nitrogens with zero attached hydrogens (tertiary/aromatic N) is 4. The number of amides is 1. The van der Waals surface area contributed by atoms with Crippen LogP contribution in [0.3, 0.4) is 0 Å². The Labute approximate surface area is 188 Å². The van der Waals surface area contributed by atoms with Gasteiger partial charge in [0.15, 0.2) is 5.03 Å². The van der Waals surface area contributed by atoms with Crippen LogP contribution in [0.4, 0.5) is 19.0 Å². The standard InChI is InChI=1S/C20H22F3N5O4S/c1-24-33(30,31)19-9-18(25-11-26-19)27-4-2-15(16(23)10-27)20(29)28-17(3-5-32-28)12-6-13(21)8-14(22)7-12/h6-9,11,15-17,24H,2-5,10H2,1H3/t15-,16+,17+/m0/s1. The van der Waals surface area contributed by atoms with Gasteiger partial charge in [-0.25, -0.2) is 41.3 Å². The molecule has 0 unspecified atom stereocenters. The van der Waals surface area contributed by atoms with E-state index < -0.39 is 45.7 Å². The van der Waals surface area contributed by atoms with Crippen molar-refractivity contribution in [3.8, 4) is 0 Å². The number of hydrogen-bond donors (Lipinski definition) is 1. The lowest BCUT2D eigenvalue weighted by Crippen LogP contribution is -2.49. The molecule has 2 aliphatic rings. The summed E-state index contributed by atoms with van der Waals surface area (Å²) in [6, 6.07) is 3.51. The summed E-state index contributed by atoms with van der Waals surface area (Å²) in [6.45, 7) is 0.202. The first-order valence-corrected chi connectivity index (χ1v) is 11.7. The van der Waals surface area contributed by atoms with Crippen molar-refractivity contribution in [2.45, 2.75) is 30.1 Å². The summed E-state index contributed by atoms with van der Waals surface area (Å²) in [5.74, 6) is -2.95. The highest BCUT2D eigenvalue weighted by Gasteiger charge is 2.42. The van der Waals surface area contributed by atoms with E-state index in [0.717, 1.165) is 29.6 Å². The Hall–Kier alpha value is -2.77. The molecule has 2 saturated heterocycles. The first-order valence-electron chi connectivity index (χ1n) is 10.3. The molecule has 0 aliphatic carbocycles. The van der Waals surface area contributed by atoms with Crippen LogP contribution in [-0.2, 0) is 19.7 Å². The maximum atomic E-state index is 15.1. The van der Waals surface area contributed by atoms with Gasteiger partial charge < -0.3 is 4.90 Å². The molecule has 2 aromatic rings. The average molecular weight is 485 g/mol. The third kappa shape index (κ3) is 4.80. The third-order valence-corrected chi connectivity index (χ3v) is 7.06. The molecule has 4 rings (SSSR count). The maximum absolute atomic E-state index is 15.1. The minimum absolute atomic E-state index is 0.113. The van der Waals surface area contributed by atoms with Gasteiger partial charge in [0.05, 0.1) is 25.1 Å². The SMILES string of the molecule is CNS(=O)(=O)c1cc(N2CC[C@H](C(=O)N3OCC[C@@H]3c3cc(F)cc(F)c3)[C@H](F)C2)ncn1. The normalized spacial score (nSPS) is 23.7. The number of anilines is 1. The summed E-state index contributed by atoms with van der Waals surface area (Å²) in [5.41, 5.74) is 0.241. The van der Waals surface area contributed by atoms with Crippen LogP contribution < -0.4 is 9.62 Å². The molecule has 3 atom stereocenters. The van der Waals surface area contributed by atoms with Gasteiger partial charge in [-0.2, -0.15) is 0 Å². The number of sulfonamides is 1. The van der Waals surface area contributed by atoms with Crippen molar-refractivity contribution in [3.63, 3.8) is 0 Å². The molecule has 1 N–H and O–H groups in total. The number of rotatable bonds is 5. The summed E-state index contributed by atoms with van der Waals surface area (Å²) >= 11 is 0. The number of benzene rings is 1. The fourth-order valence-electron chi connectivity index (χ4n) is 4.07. The lowest BCUT2D eigenvalue weighted by atomic mass is 9.93. The number of carbonyl (C=O) groups excluding carboxylic acids is 1. The quantitative estimate of drug-likeness (QED) is 0.644. The highest BCUT2D eigenvalue weighted by Crippen LogP contribution is 2.35. The first-order chi connectivity index (χ1) is 15.7. The Kier molecular flexibility index (Phi) is 6.54. The minimum atomic E-state index is -3.80. The zero-order valence-electron chi connectivity index (χ0n) is 17.6. The molecule has 9 nitrogen and oxygen atoms in total. The Morgan fingerprint density at radius 1 is 1.15 bits per heavy atom. The lowest BCUT2D eigenvalue weighted by molar-refractivity contribution is -0.184. The van der Waals surface area contributed by atoms with E-state index in [1.807, 2.05) is 0 Å². The minimum Gasteiger partial charge on any atom is -0.354 e. The number of alkyl halides is 1. The van der Waals surface area contributed by atoms with Crippen molar-refractivity contribution >= 4 is 21.7 Å².